The minimum Gasteiger partial charge on any atom is -0.443 e. The van der Waals surface area contributed by atoms with Crippen molar-refractivity contribution in [1.82, 2.24) is 13.8 Å². The van der Waals surface area contributed by atoms with Gasteiger partial charge in [-0.1, -0.05) is 44.2 Å². The zero-order valence-corrected chi connectivity index (χ0v) is 19.7. The molecule has 174 valence electrons. The maximum atomic E-state index is 13.2. The van der Waals surface area contributed by atoms with E-state index < -0.39 is 22.1 Å². The summed E-state index contributed by atoms with van der Waals surface area (Å²) in [5.74, 6) is -0.998. The zero-order valence-electron chi connectivity index (χ0n) is 18.9. The molecule has 3 rings (SSSR count). The van der Waals surface area contributed by atoms with E-state index in [1.165, 1.54) is 21.1 Å². The summed E-state index contributed by atoms with van der Waals surface area (Å²) < 4.78 is 34.1. The van der Waals surface area contributed by atoms with Crippen molar-refractivity contribution in [2.24, 2.45) is 7.05 Å². The lowest BCUT2D eigenvalue weighted by atomic mass is 10.1. The molecule has 2 aromatic rings. The third-order valence-corrected chi connectivity index (χ3v) is 7.77. The summed E-state index contributed by atoms with van der Waals surface area (Å²) in [6.45, 7) is 5.44. The van der Waals surface area contributed by atoms with Gasteiger partial charge in [-0.2, -0.15) is 4.31 Å². The fourth-order valence-electron chi connectivity index (χ4n) is 3.93. The Balaban J connectivity index is 1.88. The van der Waals surface area contributed by atoms with E-state index >= 15 is 0 Å². The number of piperidine rings is 1. The lowest BCUT2D eigenvalue weighted by molar-refractivity contribution is -0.142. The molecule has 1 atom stereocenters. The molecule has 1 amide bonds. The van der Waals surface area contributed by atoms with Gasteiger partial charge in [0.25, 0.3) is 5.91 Å². The van der Waals surface area contributed by atoms with Crippen LogP contribution < -0.4 is 0 Å². The molecular formula is C23H31N3O5S. The Morgan fingerprint density at radius 3 is 2.28 bits per heavy atom. The first-order valence-electron chi connectivity index (χ1n) is 11.0. The first-order valence-corrected chi connectivity index (χ1v) is 12.4. The Morgan fingerprint density at radius 1 is 1.06 bits per heavy atom. The monoisotopic (exact) mass is 461 g/mol. The molecule has 1 aliphatic rings. The van der Waals surface area contributed by atoms with Gasteiger partial charge in [-0.15, -0.1) is 0 Å². The van der Waals surface area contributed by atoms with E-state index in [-0.39, 0.29) is 16.5 Å². The third kappa shape index (κ3) is 5.05. The molecule has 1 fully saturated rings. The number of likely N-dealkylation sites (tertiary alicyclic amines) is 1. The molecule has 2 heterocycles. The number of carbonyl (C=O) groups is 2. The van der Waals surface area contributed by atoms with Crippen molar-refractivity contribution < 1.29 is 22.7 Å². The number of carbonyl (C=O) groups excluding carboxylic acids is 2. The first-order chi connectivity index (χ1) is 15.3. The van der Waals surface area contributed by atoms with Gasteiger partial charge in [0.1, 0.15) is 10.6 Å². The Labute approximate surface area is 189 Å². The molecule has 0 spiro atoms. The van der Waals surface area contributed by atoms with Gasteiger partial charge >= 0.3 is 5.97 Å². The van der Waals surface area contributed by atoms with Crippen molar-refractivity contribution in [2.45, 2.75) is 44.1 Å². The normalized spacial score (nSPS) is 15.6. The minimum absolute atomic E-state index is 0.0225. The van der Waals surface area contributed by atoms with E-state index in [0.29, 0.717) is 31.7 Å². The molecule has 0 bridgehead atoms. The lowest BCUT2D eigenvalue weighted by Gasteiger charge is -2.30. The van der Waals surface area contributed by atoms with Crippen molar-refractivity contribution in [1.29, 1.82) is 0 Å². The van der Waals surface area contributed by atoms with Crippen LogP contribution in [0.25, 0.3) is 0 Å². The summed E-state index contributed by atoms with van der Waals surface area (Å²) in [7, 11) is -2.14. The number of hydrogen-bond acceptors (Lipinski definition) is 5. The van der Waals surface area contributed by atoms with E-state index in [2.05, 4.69) is 0 Å². The minimum atomic E-state index is -3.72. The van der Waals surface area contributed by atoms with Crippen LogP contribution in [0.2, 0.25) is 0 Å². The molecule has 1 aromatic heterocycles. The number of benzene rings is 1. The Kier molecular flexibility index (Phi) is 7.73. The number of hydrogen-bond donors (Lipinski definition) is 0. The topological polar surface area (TPSA) is 88.9 Å². The molecule has 0 radical (unpaired) electrons. The largest absolute Gasteiger partial charge is 0.443 e. The summed E-state index contributed by atoms with van der Waals surface area (Å²) in [5, 5.41) is 0. The highest BCUT2D eigenvalue weighted by Crippen LogP contribution is 2.25. The summed E-state index contributed by atoms with van der Waals surface area (Å²) in [4.78, 5) is 28.0. The van der Waals surface area contributed by atoms with Crippen molar-refractivity contribution in [3.8, 4) is 0 Å². The fourth-order valence-corrected chi connectivity index (χ4v) is 5.46. The van der Waals surface area contributed by atoms with Crippen molar-refractivity contribution in [3.63, 3.8) is 0 Å². The summed E-state index contributed by atoms with van der Waals surface area (Å²) >= 11 is 0. The summed E-state index contributed by atoms with van der Waals surface area (Å²) in [5.41, 5.74) is 0.657. The Bertz CT molecular complexity index is 1040. The molecule has 32 heavy (non-hydrogen) atoms. The van der Waals surface area contributed by atoms with Gasteiger partial charge in [0, 0.05) is 45.0 Å². The smallest absolute Gasteiger partial charge is 0.356 e. The molecule has 1 unspecified atom stereocenters. The SMILES string of the molecule is CCN(CC)S(=O)(=O)c1cc(C(=O)OC(C(=O)N2CCCCC2)c2ccccc2)n(C)c1. The van der Waals surface area contributed by atoms with Gasteiger partial charge in [0.05, 0.1) is 0 Å². The highest BCUT2D eigenvalue weighted by Gasteiger charge is 2.32. The summed E-state index contributed by atoms with van der Waals surface area (Å²) in [6.07, 6.45) is 3.23. The van der Waals surface area contributed by atoms with Crippen LogP contribution in [-0.4, -0.2) is 60.2 Å². The predicted octanol–water partition coefficient (Wildman–Crippen LogP) is 2.97. The number of sulfonamides is 1. The second-order valence-corrected chi connectivity index (χ2v) is 9.78. The van der Waals surface area contributed by atoms with Crippen LogP contribution in [0.15, 0.2) is 47.5 Å². The average Bonchev–Trinajstić information content (AvgIpc) is 3.21. The number of aryl methyl sites for hydroxylation is 1. The molecule has 1 aromatic carbocycles. The number of ether oxygens (including phenoxy) is 1. The van der Waals surface area contributed by atoms with Gasteiger partial charge in [0.15, 0.2) is 0 Å². The summed E-state index contributed by atoms with van der Waals surface area (Å²) in [6, 6.07) is 10.2. The van der Waals surface area contributed by atoms with Gasteiger partial charge < -0.3 is 14.2 Å². The van der Waals surface area contributed by atoms with Crippen molar-refractivity contribution in [2.75, 3.05) is 26.2 Å². The number of nitrogens with zero attached hydrogens (tertiary/aromatic N) is 3. The standard InChI is InChI=1S/C23H31N3O5S/c1-4-26(5-2)32(29,30)19-16-20(24(3)17-19)23(28)31-21(18-12-8-6-9-13-18)22(27)25-14-10-7-11-15-25/h6,8-9,12-13,16-17,21H,4-5,7,10-11,14-15H2,1-3H3. The average molecular weight is 462 g/mol. The van der Waals surface area contributed by atoms with E-state index in [4.69, 9.17) is 4.74 Å². The van der Waals surface area contributed by atoms with Crippen LogP contribution in [0.5, 0.6) is 0 Å². The van der Waals surface area contributed by atoms with E-state index in [1.54, 1.807) is 50.1 Å². The second-order valence-electron chi connectivity index (χ2n) is 7.84. The lowest BCUT2D eigenvalue weighted by Crippen LogP contribution is -2.40. The fraction of sp³-hybridized carbons (Fsp3) is 0.478. The van der Waals surface area contributed by atoms with Crippen LogP contribution in [0.1, 0.15) is 55.3 Å². The van der Waals surface area contributed by atoms with Gasteiger partial charge in [-0.25, -0.2) is 13.2 Å². The van der Waals surface area contributed by atoms with Crippen LogP contribution in [-0.2, 0) is 26.6 Å². The highest BCUT2D eigenvalue weighted by atomic mass is 32.2. The highest BCUT2D eigenvalue weighted by molar-refractivity contribution is 7.89. The molecule has 1 aliphatic heterocycles. The molecule has 9 heteroatoms. The Hall–Kier alpha value is -2.65. The molecule has 1 saturated heterocycles. The Morgan fingerprint density at radius 2 is 1.69 bits per heavy atom. The number of amides is 1. The molecule has 8 nitrogen and oxygen atoms in total. The van der Waals surface area contributed by atoms with E-state index in [0.717, 1.165) is 19.3 Å². The van der Waals surface area contributed by atoms with Crippen molar-refractivity contribution >= 4 is 21.9 Å². The van der Waals surface area contributed by atoms with Gasteiger partial charge in [-0.05, 0) is 25.3 Å². The number of rotatable bonds is 8. The second kappa shape index (κ2) is 10.3. The first kappa shape index (κ1) is 24.0. The maximum absolute atomic E-state index is 13.2. The number of aromatic nitrogens is 1. The van der Waals surface area contributed by atoms with Crippen LogP contribution in [0, 0.1) is 0 Å². The maximum Gasteiger partial charge on any atom is 0.356 e. The van der Waals surface area contributed by atoms with Crippen LogP contribution >= 0.6 is 0 Å². The van der Waals surface area contributed by atoms with Gasteiger partial charge in [0.2, 0.25) is 16.1 Å². The van der Waals surface area contributed by atoms with Gasteiger partial charge in [-0.3, -0.25) is 4.79 Å². The third-order valence-electron chi connectivity index (χ3n) is 5.75. The van der Waals surface area contributed by atoms with Crippen LogP contribution in [0.4, 0.5) is 0 Å². The van der Waals surface area contributed by atoms with Crippen molar-refractivity contribution in [3.05, 3.63) is 53.9 Å². The zero-order chi connectivity index (χ0) is 23.3. The molecular weight excluding hydrogens is 430 g/mol. The number of esters is 1. The van der Waals surface area contributed by atoms with E-state index in [9.17, 15) is 18.0 Å². The quantitative estimate of drug-likeness (QED) is 0.564. The predicted molar refractivity (Wildman–Crippen MR) is 121 cm³/mol. The molecule has 0 saturated carbocycles. The molecule has 0 aliphatic carbocycles. The van der Waals surface area contributed by atoms with Crippen LogP contribution in [0.3, 0.4) is 0 Å². The molecule has 0 N–H and O–H groups in total. The van der Waals surface area contributed by atoms with E-state index in [1.807, 2.05) is 6.07 Å².